The Hall–Kier alpha value is -0.820. The molecular weight excluding hydrogens is 112 g/mol. The van der Waals surface area contributed by atoms with Crippen LogP contribution in [0.25, 0.3) is 0 Å². The molecule has 1 nitrogen and oxygen atoms in total. The molecule has 0 unspecified atom stereocenters. The molecule has 0 aliphatic heterocycles. The van der Waals surface area contributed by atoms with Gasteiger partial charge in [0.2, 0.25) is 0 Å². The fourth-order valence-corrected chi connectivity index (χ4v) is 0.432. The first-order valence-electron chi connectivity index (χ1n) is 2.90. The van der Waals surface area contributed by atoms with Crippen molar-refractivity contribution in [2.45, 2.75) is 6.92 Å². The molecule has 0 rings (SSSR count). The Bertz CT molecular complexity index is 132. The van der Waals surface area contributed by atoms with E-state index < -0.39 is 0 Å². The van der Waals surface area contributed by atoms with Gasteiger partial charge in [-0.1, -0.05) is 30.9 Å². The summed E-state index contributed by atoms with van der Waals surface area (Å²) in [6, 6.07) is 0. The molecule has 50 valence electrons. The summed E-state index contributed by atoms with van der Waals surface area (Å²) >= 11 is 0. The summed E-state index contributed by atoms with van der Waals surface area (Å²) in [6.45, 7) is 5.49. The summed E-state index contributed by atoms with van der Waals surface area (Å²) in [7, 11) is 0. The summed E-state index contributed by atoms with van der Waals surface area (Å²) in [5.74, 6) is 0. The van der Waals surface area contributed by atoms with E-state index in [-0.39, 0.29) is 6.61 Å². The van der Waals surface area contributed by atoms with Gasteiger partial charge in [0.25, 0.3) is 0 Å². The van der Waals surface area contributed by atoms with E-state index in [4.69, 9.17) is 5.11 Å². The van der Waals surface area contributed by atoms with Crippen molar-refractivity contribution in [1.29, 1.82) is 0 Å². The second kappa shape index (κ2) is 5.32. The van der Waals surface area contributed by atoms with Crippen LogP contribution in [0, 0.1) is 0 Å². The maximum atomic E-state index is 8.60. The molecule has 0 saturated heterocycles. The third-order valence-corrected chi connectivity index (χ3v) is 1.000. The van der Waals surface area contributed by atoms with E-state index in [9.17, 15) is 0 Å². The molecule has 0 bridgehead atoms. The smallest absolute Gasteiger partial charge is 0.0678 e. The lowest BCUT2D eigenvalue weighted by Crippen LogP contribution is -1.83. The number of hydrogen-bond acceptors (Lipinski definition) is 1. The standard InChI is InChI=1S/C8H12O/c1-3-5-6-8(4-2)7-9/h3-6,9H,1,7H2,2H3/b6-5-,8-4+. The van der Waals surface area contributed by atoms with Crippen molar-refractivity contribution in [3.63, 3.8) is 0 Å². The summed E-state index contributed by atoms with van der Waals surface area (Å²) in [5, 5.41) is 8.60. The Labute approximate surface area is 56.0 Å². The summed E-state index contributed by atoms with van der Waals surface area (Å²) in [5.41, 5.74) is 0.912. The molecule has 0 aromatic carbocycles. The largest absolute Gasteiger partial charge is 0.392 e. The third-order valence-electron chi connectivity index (χ3n) is 1.000. The highest BCUT2D eigenvalue weighted by Crippen LogP contribution is 1.93. The molecule has 1 heteroatoms. The number of hydrogen-bond donors (Lipinski definition) is 1. The van der Waals surface area contributed by atoms with Crippen LogP contribution in [0.15, 0.2) is 36.5 Å². The van der Waals surface area contributed by atoms with Crippen molar-refractivity contribution in [3.8, 4) is 0 Å². The predicted octanol–water partition coefficient (Wildman–Crippen LogP) is 1.67. The molecule has 0 aliphatic rings. The van der Waals surface area contributed by atoms with Crippen LogP contribution in [0.5, 0.6) is 0 Å². The van der Waals surface area contributed by atoms with E-state index in [0.29, 0.717) is 0 Å². The highest BCUT2D eigenvalue weighted by molar-refractivity contribution is 5.20. The van der Waals surface area contributed by atoms with E-state index in [0.717, 1.165) is 5.57 Å². The zero-order valence-corrected chi connectivity index (χ0v) is 5.67. The van der Waals surface area contributed by atoms with E-state index >= 15 is 0 Å². The lowest BCUT2D eigenvalue weighted by molar-refractivity contribution is 0.335. The van der Waals surface area contributed by atoms with Gasteiger partial charge in [0, 0.05) is 0 Å². The Balaban J connectivity index is 3.84. The normalized spacial score (nSPS) is 12.4. The van der Waals surface area contributed by atoms with Crippen molar-refractivity contribution in [3.05, 3.63) is 36.5 Å². The lowest BCUT2D eigenvalue weighted by Gasteiger charge is -1.89. The third kappa shape index (κ3) is 3.74. The molecule has 0 spiro atoms. The molecule has 0 amide bonds. The van der Waals surface area contributed by atoms with Crippen molar-refractivity contribution < 1.29 is 5.11 Å². The summed E-state index contributed by atoms with van der Waals surface area (Å²) in [4.78, 5) is 0. The van der Waals surface area contributed by atoms with E-state index in [2.05, 4.69) is 6.58 Å². The van der Waals surface area contributed by atoms with Gasteiger partial charge < -0.3 is 5.11 Å². The van der Waals surface area contributed by atoms with Crippen LogP contribution in [-0.4, -0.2) is 11.7 Å². The van der Waals surface area contributed by atoms with E-state index in [1.165, 1.54) is 0 Å². The predicted molar refractivity (Wildman–Crippen MR) is 40.2 cm³/mol. The first-order chi connectivity index (χ1) is 4.35. The summed E-state index contributed by atoms with van der Waals surface area (Å²) < 4.78 is 0. The quantitative estimate of drug-likeness (QED) is 0.567. The molecule has 0 atom stereocenters. The zero-order chi connectivity index (χ0) is 7.11. The molecule has 0 saturated carbocycles. The summed E-state index contributed by atoms with van der Waals surface area (Å²) in [6.07, 6.45) is 7.16. The highest BCUT2D eigenvalue weighted by atomic mass is 16.3. The van der Waals surface area contributed by atoms with Gasteiger partial charge in [0.1, 0.15) is 0 Å². The fourth-order valence-electron chi connectivity index (χ4n) is 0.432. The van der Waals surface area contributed by atoms with E-state index in [1.807, 2.05) is 19.1 Å². The van der Waals surface area contributed by atoms with Crippen LogP contribution in [0.3, 0.4) is 0 Å². The molecule has 0 aromatic rings. The molecule has 0 fully saturated rings. The maximum absolute atomic E-state index is 8.60. The molecule has 9 heavy (non-hydrogen) atoms. The number of aliphatic hydroxyl groups is 1. The fraction of sp³-hybridized carbons (Fsp3) is 0.250. The lowest BCUT2D eigenvalue weighted by atomic mass is 10.2. The Morgan fingerprint density at radius 1 is 1.67 bits per heavy atom. The molecule has 0 aromatic heterocycles. The van der Waals surface area contributed by atoms with Crippen LogP contribution in [0.1, 0.15) is 6.92 Å². The van der Waals surface area contributed by atoms with Gasteiger partial charge in [-0.3, -0.25) is 0 Å². The van der Waals surface area contributed by atoms with Crippen LogP contribution in [0.4, 0.5) is 0 Å². The first-order valence-corrected chi connectivity index (χ1v) is 2.90. The minimum absolute atomic E-state index is 0.0981. The number of allylic oxidation sites excluding steroid dienone is 3. The van der Waals surface area contributed by atoms with E-state index in [1.54, 1.807) is 12.2 Å². The van der Waals surface area contributed by atoms with Gasteiger partial charge in [-0.05, 0) is 12.5 Å². The molecule has 0 heterocycles. The molecule has 0 aliphatic carbocycles. The van der Waals surface area contributed by atoms with Crippen LogP contribution in [-0.2, 0) is 0 Å². The minimum atomic E-state index is 0.0981. The number of aliphatic hydroxyl groups excluding tert-OH is 1. The average Bonchev–Trinajstić information content (AvgIpc) is 1.91. The van der Waals surface area contributed by atoms with Gasteiger partial charge in [0.05, 0.1) is 6.61 Å². The highest BCUT2D eigenvalue weighted by Gasteiger charge is 1.81. The van der Waals surface area contributed by atoms with Crippen molar-refractivity contribution >= 4 is 0 Å². The van der Waals surface area contributed by atoms with Gasteiger partial charge in [0.15, 0.2) is 0 Å². The Kier molecular flexibility index (Phi) is 4.83. The SMILES string of the molecule is C=C/C=C\C(=C/C)CO. The maximum Gasteiger partial charge on any atom is 0.0678 e. The first kappa shape index (κ1) is 8.18. The van der Waals surface area contributed by atoms with Crippen LogP contribution >= 0.6 is 0 Å². The van der Waals surface area contributed by atoms with Crippen molar-refractivity contribution in [2.75, 3.05) is 6.61 Å². The Morgan fingerprint density at radius 2 is 2.33 bits per heavy atom. The zero-order valence-electron chi connectivity index (χ0n) is 5.67. The second-order valence-electron chi connectivity index (χ2n) is 1.62. The van der Waals surface area contributed by atoms with Gasteiger partial charge in [-0.2, -0.15) is 0 Å². The van der Waals surface area contributed by atoms with Crippen LogP contribution in [0.2, 0.25) is 0 Å². The van der Waals surface area contributed by atoms with Crippen molar-refractivity contribution in [2.24, 2.45) is 0 Å². The topological polar surface area (TPSA) is 20.2 Å². The van der Waals surface area contributed by atoms with Gasteiger partial charge >= 0.3 is 0 Å². The molecular formula is C8H12O. The average molecular weight is 124 g/mol. The molecule has 0 radical (unpaired) electrons. The minimum Gasteiger partial charge on any atom is -0.392 e. The van der Waals surface area contributed by atoms with Crippen LogP contribution < -0.4 is 0 Å². The second-order valence-corrected chi connectivity index (χ2v) is 1.62. The van der Waals surface area contributed by atoms with Gasteiger partial charge in [-0.15, -0.1) is 0 Å². The monoisotopic (exact) mass is 124 g/mol. The Morgan fingerprint density at radius 3 is 2.67 bits per heavy atom. The van der Waals surface area contributed by atoms with Crippen molar-refractivity contribution in [1.82, 2.24) is 0 Å². The number of rotatable bonds is 3. The molecule has 1 N–H and O–H groups in total. The van der Waals surface area contributed by atoms with Gasteiger partial charge in [-0.25, -0.2) is 0 Å².